The van der Waals surface area contributed by atoms with E-state index >= 15 is 0 Å². The zero-order valence-electron chi connectivity index (χ0n) is 13.2. The summed E-state index contributed by atoms with van der Waals surface area (Å²) in [6.07, 6.45) is 3.33. The minimum absolute atomic E-state index is 0.00724. The molecule has 3 N–H and O–H groups in total. The molecule has 2 rings (SSSR count). The van der Waals surface area contributed by atoms with Gasteiger partial charge in [0.05, 0.1) is 13.0 Å². The molecule has 0 saturated carbocycles. The number of pyridine rings is 1. The topological polar surface area (TPSA) is 91.3 Å². The Hall–Kier alpha value is -2.38. The fraction of sp³-hybridized carbons (Fsp3) is 0.235. The van der Waals surface area contributed by atoms with Crippen LogP contribution in [0.25, 0.3) is 0 Å². The van der Waals surface area contributed by atoms with Crippen molar-refractivity contribution in [1.29, 1.82) is 0 Å². The number of rotatable bonds is 8. The minimum atomic E-state index is -0.866. The molecule has 1 amide bonds. The molecule has 2 aromatic rings. The van der Waals surface area contributed by atoms with E-state index in [9.17, 15) is 9.59 Å². The molecule has 7 heteroatoms. The Balaban J connectivity index is 2.14. The van der Waals surface area contributed by atoms with Crippen LogP contribution in [0.5, 0.6) is 0 Å². The molecule has 0 aliphatic carbocycles. The predicted molar refractivity (Wildman–Crippen MR) is 94.1 cm³/mol. The van der Waals surface area contributed by atoms with Gasteiger partial charge in [0.2, 0.25) is 5.91 Å². The maximum atomic E-state index is 11.6. The number of nitrogens with one attached hydrogen (secondary N) is 2. The third-order valence-electron chi connectivity index (χ3n) is 3.15. The smallest absolute Gasteiger partial charge is 0.304 e. The number of hydrogen-bond acceptors (Lipinski definition) is 5. The Kier molecular flexibility index (Phi) is 6.77. The first-order valence-electron chi connectivity index (χ1n) is 7.41. The van der Waals surface area contributed by atoms with Crippen LogP contribution < -0.4 is 10.6 Å². The normalized spacial score (nSPS) is 11.7. The standard InChI is InChI=1S/C17H19N3O3S/c1-18-11-16(21)20-13-5-2-6-14(8-13)24-15(9-17(22)23)12-4-3-7-19-10-12/h2-8,10,15,18H,9,11H2,1H3,(H,20,21)(H,22,23). The summed E-state index contributed by atoms with van der Waals surface area (Å²) in [5, 5.41) is 14.5. The van der Waals surface area contributed by atoms with E-state index < -0.39 is 5.97 Å². The molecule has 1 aromatic heterocycles. The summed E-state index contributed by atoms with van der Waals surface area (Å²) in [5.74, 6) is -0.996. The zero-order valence-corrected chi connectivity index (χ0v) is 14.0. The number of hydrogen-bond donors (Lipinski definition) is 3. The average molecular weight is 345 g/mol. The maximum absolute atomic E-state index is 11.6. The summed E-state index contributed by atoms with van der Waals surface area (Å²) in [6.45, 7) is 0.231. The number of carboxylic acids is 1. The molecule has 0 aliphatic rings. The number of aromatic nitrogens is 1. The summed E-state index contributed by atoms with van der Waals surface area (Å²) in [6, 6.07) is 11.0. The molecule has 6 nitrogen and oxygen atoms in total. The molecule has 24 heavy (non-hydrogen) atoms. The number of amides is 1. The van der Waals surface area contributed by atoms with Gasteiger partial charge in [-0.15, -0.1) is 11.8 Å². The molecule has 0 saturated heterocycles. The lowest BCUT2D eigenvalue weighted by molar-refractivity contribution is -0.137. The van der Waals surface area contributed by atoms with Crippen LogP contribution in [0.2, 0.25) is 0 Å². The van der Waals surface area contributed by atoms with Crippen LogP contribution >= 0.6 is 11.8 Å². The van der Waals surface area contributed by atoms with Crippen molar-refractivity contribution >= 4 is 29.3 Å². The third kappa shape index (κ3) is 5.68. The Morgan fingerprint density at radius 3 is 2.79 bits per heavy atom. The second-order valence-electron chi connectivity index (χ2n) is 5.10. The molecule has 1 aromatic carbocycles. The number of thioether (sulfide) groups is 1. The van der Waals surface area contributed by atoms with Crippen LogP contribution in [-0.2, 0) is 9.59 Å². The molecule has 1 atom stereocenters. The van der Waals surface area contributed by atoms with Gasteiger partial charge in [0.15, 0.2) is 0 Å². The highest BCUT2D eigenvalue weighted by molar-refractivity contribution is 7.99. The number of aliphatic carboxylic acids is 1. The molecule has 1 unspecified atom stereocenters. The van der Waals surface area contributed by atoms with Gasteiger partial charge in [0.1, 0.15) is 0 Å². The van der Waals surface area contributed by atoms with Crippen molar-refractivity contribution in [3.8, 4) is 0 Å². The second-order valence-corrected chi connectivity index (χ2v) is 6.37. The van der Waals surface area contributed by atoms with Crippen LogP contribution in [-0.4, -0.2) is 35.6 Å². The summed E-state index contributed by atoms with van der Waals surface area (Å²) in [7, 11) is 1.70. The van der Waals surface area contributed by atoms with E-state index in [4.69, 9.17) is 5.11 Å². The van der Waals surface area contributed by atoms with Gasteiger partial charge in [0, 0.05) is 28.2 Å². The molecular weight excluding hydrogens is 326 g/mol. The highest BCUT2D eigenvalue weighted by Crippen LogP contribution is 2.38. The number of benzene rings is 1. The summed E-state index contributed by atoms with van der Waals surface area (Å²) in [4.78, 5) is 27.7. The Bertz CT molecular complexity index is 694. The SMILES string of the molecule is CNCC(=O)Nc1cccc(SC(CC(=O)O)c2cccnc2)c1. The van der Waals surface area contributed by atoms with Crippen LogP contribution in [0.4, 0.5) is 5.69 Å². The first kappa shape index (κ1) is 18.0. The third-order valence-corrected chi connectivity index (χ3v) is 4.40. The van der Waals surface area contributed by atoms with E-state index in [1.165, 1.54) is 11.8 Å². The van der Waals surface area contributed by atoms with E-state index in [1.54, 1.807) is 31.6 Å². The van der Waals surface area contributed by atoms with Crippen LogP contribution in [0.3, 0.4) is 0 Å². The van der Waals surface area contributed by atoms with Crippen molar-refractivity contribution < 1.29 is 14.7 Å². The van der Waals surface area contributed by atoms with Gasteiger partial charge in [0.25, 0.3) is 0 Å². The highest BCUT2D eigenvalue weighted by atomic mass is 32.2. The number of carbonyl (C=O) groups excluding carboxylic acids is 1. The Labute approximate surface area is 144 Å². The van der Waals surface area contributed by atoms with Gasteiger partial charge in [-0.2, -0.15) is 0 Å². The van der Waals surface area contributed by atoms with Gasteiger partial charge in [-0.1, -0.05) is 12.1 Å². The van der Waals surface area contributed by atoms with Crippen molar-refractivity contribution in [1.82, 2.24) is 10.3 Å². The lowest BCUT2D eigenvalue weighted by Crippen LogP contribution is -2.24. The summed E-state index contributed by atoms with van der Waals surface area (Å²) in [5.41, 5.74) is 1.54. The largest absolute Gasteiger partial charge is 0.481 e. The van der Waals surface area contributed by atoms with Crippen molar-refractivity contribution in [3.63, 3.8) is 0 Å². The molecule has 0 spiro atoms. The maximum Gasteiger partial charge on any atom is 0.304 e. The minimum Gasteiger partial charge on any atom is -0.481 e. The van der Waals surface area contributed by atoms with Gasteiger partial charge in [-0.05, 0) is 36.9 Å². The monoisotopic (exact) mass is 345 g/mol. The van der Waals surface area contributed by atoms with E-state index in [1.807, 2.05) is 24.3 Å². The number of anilines is 1. The van der Waals surface area contributed by atoms with Crippen LogP contribution in [0.15, 0.2) is 53.7 Å². The van der Waals surface area contributed by atoms with E-state index in [2.05, 4.69) is 15.6 Å². The average Bonchev–Trinajstić information content (AvgIpc) is 2.55. The van der Waals surface area contributed by atoms with Gasteiger partial charge >= 0.3 is 5.97 Å². The number of carboxylic acid groups (broad SMARTS) is 1. The van der Waals surface area contributed by atoms with Gasteiger partial charge in [-0.3, -0.25) is 14.6 Å². The number of likely N-dealkylation sites (N-methyl/N-ethyl adjacent to an activating group) is 1. The molecule has 0 aliphatic heterocycles. The van der Waals surface area contributed by atoms with Crippen molar-refractivity contribution in [2.24, 2.45) is 0 Å². The number of carbonyl (C=O) groups is 2. The van der Waals surface area contributed by atoms with E-state index in [0.29, 0.717) is 5.69 Å². The first-order valence-corrected chi connectivity index (χ1v) is 8.29. The fourth-order valence-electron chi connectivity index (χ4n) is 2.13. The quantitative estimate of drug-likeness (QED) is 0.637. The molecule has 1 heterocycles. The van der Waals surface area contributed by atoms with Crippen LogP contribution in [0.1, 0.15) is 17.2 Å². The van der Waals surface area contributed by atoms with Gasteiger partial charge < -0.3 is 15.7 Å². The second kappa shape index (κ2) is 9.05. The molecule has 126 valence electrons. The summed E-state index contributed by atoms with van der Waals surface area (Å²) < 4.78 is 0. The van der Waals surface area contributed by atoms with E-state index in [-0.39, 0.29) is 24.1 Å². The van der Waals surface area contributed by atoms with Crippen molar-refractivity contribution in [2.75, 3.05) is 18.9 Å². The van der Waals surface area contributed by atoms with Crippen molar-refractivity contribution in [3.05, 3.63) is 54.4 Å². The lowest BCUT2D eigenvalue weighted by atomic mass is 10.1. The number of nitrogens with zero attached hydrogens (tertiary/aromatic N) is 1. The zero-order chi connectivity index (χ0) is 17.4. The molecule has 0 bridgehead atoms. The Morgan fingerprint density at radius 2 is 2.12 bits per heavy atom. The van der Waals surface area contributed by atoms with Gasteiger partial charge in [-0.25, -0.2) is 0 Å². The summed E-state index contributed by atoms with van der Waals surface area (Å²) >= 11 is 1.44. The van der Waals surface area contributed by atoms with E-state index in [0.717, 1.165) is 10.5 Å². The Morgan fingerprint density at radius 1 is 1.29 bits per heavy atom. The predicted octanol–water partition coefficient (Wildman–Crippen LogP) is 2.55. The van der Waals surface area contributed by atoms with Crippen LogP contribution in [0, 0.1) is 0 Å². The van der Waals surface area contributed by atoms with Crippen molar-refractivity contribution in [2.45, 2.75) is 16.6 Å². The fourth-order valence-corrected chi connectivity index (χ4v) is 3.31. The molecule has 0 fully saturated rings. The molecular formula is C17H19N3O3S. The first-order chi connectivity index (χ1) is 11.6. The highest BCUT2D eigenvalue weighted by Gasteiger charge is 2.17. The lowest BCUT2D eigenvalue weighted by Gasteiger charge is -2.15. The molecule has 0 radical (unpaired) electrons.